The van der Waals surface area contributed by atoms with E-state index < -0.39 is 0 Å². The van der Waals surface area contributed by atoms with Crippen LogP contribution in [0.1, 0.15) is 36.2 Å². The third-order valence-corrected chi connectivity index (χ3v) is 5.88. The fraction of sp³-hybridized carbons (Fsp3) is 0.524. The molecule has 1 fully saturated rings. The van der Waals surface area contributed by atoms with E-state index in [1.807, 2.05) is 28.5 Å². The minimum absolute atomic E-state index is 0.0574. The lowest BCUT2D eigenvalue weighted by Gasteiger charge is -2.34. The number of benzene rings is 1. The molecule has 2 aliphatic heterocycles. The Morgan fingerprint density at radius 2 is 1.93 bits per heavy atom. The van der Waals surface area contributed by atoms with Crippen LogP contribution in [-0.4, -0.2) is 59.1 Å². The number of aryl methyl sites for hydroxylation is 1. The molecular formula is C21H27N3O3. The predicted octanol–water partition coefficient (Wildman–Crippen LogP) is 2.26. The van der Waals surface area contributed by atoms with E-state index in [-0.39, 0.29) is 23.0 Å². The zero-order chi connectivity index (χ0) is 19.1. The van der Waals surface area contributed by atoms with E-state index in [2.05, 4.69) is 18.7 Å². The Balaban J connectivity index is 1.79. The van der Waals surface area contributed by atoms with Crippen molar-refractivity contribution in [3.63, 3.8) is 0 Å². The van der Waals surface area contributed by atoms with Crippen LogP contribution in [0.3, 0.4) is 0 Å². The Bertz CT molecular complexity index is 942. The highest BCUT2D eigenvalue weighted by molar-refractivity contribution is 5.99. The maximum Gasteiger partial charge on any atom is 0.259 e. The molecule has 1 amide bonds. The van der Waals surface area contributed by atoms with Crippen LogP contribution in [0.4, 0.5) is 0 Å². The van der Waals surface area contributed by atoms with E-state index in [4.69, 9.17) is 4.74 Å². The number of amides is 1. The summed E-state index contributed by atoms with van der Waals surface area (Å²) in [5.74, 6) is 0.590. The summed E-state index contributed by atoms with van der Waals surface area (Å²) in [6.07, 6.45) is 2.69. The zero-order valence-corrected chi connectivity index (χ0v) is 16.3. The molecular weight excluding hydrogens is 342 g/mol. The topological polar surface area (TPSA) is 54.8 Å². The van der Waals surface area contributed by atoms with Crippen molar-refractivity contribution in [2.45, 2.75) is 39.8 Å². The summed E-state index contributed by atoms with van der Waals surface area (Å²) in [5.41, 5.74) is 1.81. The van der Waals surface area contributed by atoms with Gasteiger partial charge in [-0.2, -0.15) is 0 Å². The van der Waals surface area contributed by atoms with Gasteiger partial charge in [-0.05, 0) is 31.5 Å². The Hall–Kier alpha value is -2.34. The molecule has 1 aromatic carbocycles. The minimum atomic E-state index is -0.179. The second-order valence-corrected chi connectivity index (χ2v) is 7.50. The van der Waals surface area contributed by atoms with E-state index in [1.165, 1.54) is 0 Å². The van der Waals surface area contributed by atoms with Crippen LogP contribution in [-0.2, 0) is 6.54 Å². The molecule has 1 unspecified atom stereocenters. The van der Waals surface area contributed by atoms with Crippen molar-refractivity contribution in [2.24, 2.45) is 0 Å². The molecule has 4 rings (SSSR count). The first-order chi connectivity index (χ1) is 13.0. The minimum Gasteiger partial charge on any atom is -0.486 e. The van der Waals surface area contributed by atoms with Crippen molar-refractivity contribution in [2.75, 3.05) is 32.7 Å². The normalized spacial score (nSPS) is 20.0. The average Bonchev–Trinajstić information content (AvgIpc) is 2.70. The number of hydrogen-bond acceptors (Lipinski definition) is 4. The van der Waals surface area contributed by atoms with Crippen molar-refractivity contribution in [1.29, 1.82) is 0 Å². The van der Waals surface area contributed by atoms with Crippen molar-refractivity contribution in [3.8, 4) is 5.75 Å². The second-order valence-electron chi connectivity index (χ2n) is 7.50. The van der Waals surface area contributed by atoms with Crippen LogP contribution in [0, 0.1) is 6.92 Å². The van der Waals surface area contributed by atoms with Gasteiger partial charge in [-0.1, -0.05) is 19.9 Å². The number of nitrogens with zero attached hydrogens (tertiary/aromatic N) is 3. The number of hydrogen-bond donors (Lipinski definition) is 0. The number of pyridine rings is 1. The highest BCUT2D eigenvalue weighted by atomic mass is 16.5. The zero-order valence-electron chi connectivity index (χ0n) is 16.3. The molecule has 0 bridgehead atoms. The van der Waals surface area contributed by atoms with Gasteiger partial charge in [0, 0.05) is 32.4 Å². The van der Waals surface area contributed by atoms with Gasteiger partial charge in [0.1, 0.15) is 17.4 Å². The predicted molar refractivity (Wildman–Crippen MR) is 106 cm³/mol. The van der Waals surface area contributed by atoms with Gasteiger partial charge in [-0.3, -0.25) is 9.59 Å². The van der Waals surface area contributed by atoms with Crippen LogP contribution in [0.25, 0.3) is 10.9 Å². The van der Waals surface area contributed by atoms with Crippen LogP contribution >= 0.6 is 0 Å². The number of piperazine rings is 1. The Kier molecular flexibility index (Phi) is 4.68. The fourth-order valence-corrected chi connectivity index (χ4v) is 4.14. The summed E-state index contributed by atoms with van der Waals surface area (Å²) < 4.78 is 8.09. The van der Waals surface area contributed by atoms with Gasteiger partial charge in [0.25, 0.3) is 5.91 Å². The molecule has 1 aromatic heterocycles. The lowest BCUT2D eigenvalue weighted by atomic mass is 10.0. The van der Waals surface area contributed by atoms with Crippen molar-refractivity contribution in [3.05, 3.63) is 39.7 Å². The third kappa shape index (κ3) is 3.02. The van der Waals surface area contributed by atoms with Crippen molar-refractivity contribution in [1.82, 2.24) is 14.4 Å². The Morgan fingerprint density at radius 3 is 2.59 bits per heavy atom. The first-order valence-corrected chi connectivity index (χ1v) is 9.88. The van der Waals surface area contributed by atoms with Gasteiger partial charge in [-0.25, -0.2) is 0 Å². The third-order valence-electron chi connectivity index (χ3n) is 5.88. The number of aromatic nitrogens is 1. The van der Waals surface area contributed by atoms with Crippen LogP contribution < -0.4 is 10.2 Å². The summed E-state index contributed by atoms with van der Waals surface area (Å²) in [6, 6.07) is 3.84. The number of rotatable bonds is 3. The van der Waals surface area contributed by atoms with Crippen molar-refractivity contribution >= 4 is 16.8 Å². The lowest BCUT2D eigenvalue weighted by Crippen LogP contribution is -2.49. The van der Waals surface area contributed by atoms with E-state index in [0.29, 0.717) is 25.0 Å². The lowest BCUT2D eigenvalue weighted by molar-refractivity contribution is 0.0641. The first kappa shape index (κ1) is 18.0. The second kappa shape index (κ2) is 7.00. The van der Waals surface area contributed by atoms with E-state index in [1.54, 1.807) is 6.20 Å². The molecule has 0 radical (unpaired) electrons. The molecule has 27 heavy (non-hydrogen) atoms. The van der Waals surface area contributed by atoms with Gasteiger partial charge >= 0.3 is 0 Å². The number of likely N-dealkylation sites (N-methyl/N-ethyl adjacent to an activating group) is 1. The molecule has 0 spiro atoms. The Labute approximate surface area is 159 Å². The van der Waals surface area contributed by atoms with Crippen molar-refractivity contribution < 1.29 is 9.53 Å². The summed E-state index contributed by atoms with van der Waals surface area (Å²) in [5, 5.41) is 0.611. The van der Waals surface area contributed by atoms with Gasteiger partial charge in [0.15, 0.2) is 0 Å². The smallest absolute Gasteiger partial charge is 0.259 e. The monoisotopic (exact) mass is 369 g/mol. The average molecular weight is 369 g/mol. The van der Waals surface area contributed by atoms with E-state index >= 15 is 0 Å². The molecule has 0 saturated carbocycles. The molecule has 6 nitrogen and oxygen atoms in total. The van der Waals surface area contributed by atoms with Gasteiger partial charge in [0.2, 0.25) is 5.43 Å². The van der Waals surface area contributed by atoms with Gasteiger partial charge in [0.05, 0.1) is 17.4 Å². The molecule has 1 saturated heterocycles. The largest absolute Gasteiger partial charge is 0.486 e. The fourth-order valence-electron chi connectivity index (χ4n) is 4.14. The van der Waals surface area contributed by atoms with E-state index in [9.17, 15) is 9.59 Å². The van der Waals surface area contributed by atoms with Crippen LogP contribution in [0.2, 0.25) is 0 Å². The Morgan fingerprint density at radius 1 is 1.19 bits per heavy atom. The molecule has 0 aliphatic carbocycles. The molecule has 2 aliphatic rings. The molecule has 144 valence electrons. The summed E-state index contributed by atoms with van der Waals surface area (Å²) >= 11 is 0. The maximum absolute atomic E-state index is 13.2. The van der Waals surface area contributed by atoms with Crippen LogP contribution in [0.5, 0.6) is 5.75 Å². The summed E-state index contributed by atoms with van der Waals surface area (Å²) in [6.45, 7) is 10.9. The van der Waals surface area contributed by atoms with Gasteiger partial charge in [-0.15, -0.1) is 0 Å². The SMILES string of the molecule is CCC1Cn2cc(C(=O)N3CCN(CC)CC3)c(=O)c3c(C)ccc(c32)O1. The van der Waals surface area contributed by atoms with Gasteiger partial charge < -0.3 is 19.1 Å². The molecule has 3 heterocycles. The maximum atomic E-state index is 13.2. The number of carbonyl (C=O) groups is 1. The quantitative estimate of drug-likeness (QED) is 0.833. The number of carbonyl (C=O) groups excluding carboxylic acids is 1. The summed E-state index contributed by atoms with van der Waals surface area (Å²) in [7, 11) is 0. The van der Waals surface area contributed by atoms with Crippen LogP contribution in [0.15, 0.2) is 23.1 Å². The molecule has 6 heteroatoms. The highest BCUT2D eigenvalue weighted by Gasteiger charge is 2.28. The number of ether oxygens (including phenoxy) is 1. The molecule has 0 N–H and O–H groups in total. The highest BCUT2D eigenvalue weighted by Crippen LogP contribution is 2.32. The van der Waals surface area contributed by atoms with E-state index in [0.717, 1.165) is 42.9 Å². The molecule has 1 atom stereocenters. The first-order valence-electron chi connectivity index (χ1n) is 9.88. The summed E-state index contributed by atoms with van der Waals surface area (Å²) in [4.78, 5) is 30.5. The standard InChI is InChI=1S/C21H27N3O3/c1-4-15-12-24-13-16(21(26)23-10-8-22(5-2)9-11-23)20(25)18-14(3)6-7-17(27-15)19(18)24/h6-7,13,15H,4-5,8-12H2,1-3H3. The molecule has 2 aromatic rings.